The molecule has 84 valence electrons. The van der Waals surface area contributed by atoms with Crippen molar-refractivity contribution in [3.05, 3.63) is 23.8 Å². The monoisotopic (exact) mass is 209 g/mol. The minimum atomic E-state index is 0.742. The van der Waals surface area contributed by atoms with Crippen molar-refractivity contribution < 1.29 is 9.47 Å². The zero-order chi connectivity index (χ0) is 11.1. The Kier molecular flexibility index (Phi) is 4.98. The van der Waals surface area contributed by atoms with Crippen molar-refractivity contribution in [2.75, 3.05) is 20.8 Å². The van der Waals surface area contributed by atoms with Crippen molar-refractivity contribution >= 4 is 0 Å². The molecule has 0 spiro atoms. The number of benzene rings is 1. The van der Waals surface area contributed by atoms with E-state index < -0.39 is 0 Å². The summed E-state index contributed by atoms with van der Waals surface area (Å²) in [6.07, 6.45) is 3.11. The number of para-hydroxylation sites is 1. The molecule has 0 bridgehead atoms. The van der Waals surface area contributed by atoms with Crippen LogP contribution in [-0.2, 0) is 6.42 Å². The number of methoxy groups -OCH3 is 2. The molecular weight excluding hydrogens is 190 g/mol. The Morgan fingerprint density at radius 3 is 2.53 bits per heavy atom. The maximum absolute atomic E-state index is 5.46. The lowest BCUT2D eigenvalue weighted by Gasteiger charge is -2.12. The topological polar surface area (TPSA) is 44.5 Å². The molecule has 0 fully saturated rings. The zero-order valence-electron chi connectivity index (χ0n) is 9.45. The number of hydrogen-bond acceptors (Lipinski definition) is 3. The molecule has 0 aliphatic rings. The van der Waals surface area contributed by atoms with Gasteiger partial charge < -0.3 is 15.2 Å². The maximum Gasteiger partial charge on any atom is 0.163 e. The molecule has 0 aliphatic heterocycles. The molecule has 3 heteroatoms. The first-order chi connectivity index (χ1) is 7.33. The fourth-order valence-electron chi connectivity index (χ4n) is 1.61. The van der Waals surface area contributed by atoms with Crippen molar-refractivity contribution in [2.45, 2.75) is 19.3 Å². The minimum Gasteiger partial charge on any atom is -0.493 e. The highest BCUT2D eigenvalue weighted by Crippen LogP contribution is 2.31. The quantitative estimate of drug-likeness (QED) is 0.729. The molecule has 1 aromatic rings. The summed E-state index contributed by atoms with van der Waals surface area (Å²) < 4.78 is 10.6. The van der Waals surface area contributed by atoms with Gasteiger partial charge in [-0.1, -0.05) is 12.1 Å². The smallest absolute Gasteiger partial charge is 0.163 e. The van der Waals surface area contributed by atoms with Crippen molar-refractivity contribution in [1.82, 2.24) is 0 Å². The van der Waals surface area contributed by atoms with Gasteiger partial charge in [-0.25, -0.2) is 0 Å². The lowest BCUT2D eigenvalue weighted by atomic mass is 10.1. The van der Waals surface area contributed by atoms with Crippen LogP contribution in [0.25, 0.3) is 0 Å². The molecule has 0 amide bonds. The van der Waals surface area contributed by atoms with Crippen LogP contribution < -0.4 is 15.2 Å². The molecule has 0 aromatic heterocycles. The fraction of sp³-hybridized carbons (Fsp3) is 0.500. The fourth-order valence-corrected chi connectivity index (χ4v) is 1.61. The summed E-state index contributed by atoms with van der Waals surface area (Å²) in [5, 5.41) is 0. The summed E-state index contributed by atoms with van der Waals surface area (Å²) in [5.41, 5.74) is 6.65. The molecule has 0 atom stereocenters. The van der Waals surface area contributed by atoms with E-state index in [2.05, 4.69) is 6.07 Å². The SMILES string of the molecule is COc1cccc(CCCCN)c1OC. The van der Waals surface area contributed by atoms with Gasteiger partial charge in [0.05, 0.1) is 14.2 Å². The Morgan fingerprint density at radius 1 is 1.13 bits per heavy atom. The third-order valence-electron chi connectivity index (χ3n) is 2.38. The van der Waals surface area contributed by atoms with Crippen LogP contribution >= 0.6 is 0 Å². The maximum atomic E-state index is 5.46. The van der Waals surface area contributed by atoms with Gasteiger partial charge in [0.2, 0.25) is 0 Å². The van der Waals surface area contributed by atoms with Crippen LogP contribution in [0, 0.1) is 0 Å². The first kappa shape index (κ1) is 11.9. The zero-order valence-corrected chi connectivity index (χ0v) is 9.45. The molecule has 0 unspecified atom stereocenters. The standard InChI is InChI=1S/C12H19NO2/c1-14-11-8-5-7-10(12(11)15-2)6-3-4-9-13/h5,7-8H,3-4,6,9,13H2,1-2H3. The van der Waals surface area contributed by atoms with Gasteiger partial charge in [-0.2, -0.15) is 0 Å². The van der Waals surface area contributed by atoms with Crippen LogP contribution in [0.15, 0.2) is 18.2 Å². The molecule has 0 saturated heterocycles. The van der Waals surface area contributed by atoms with Crippen LogP contribution in [0.5, 0.6) is 11.5 Å². The highest BCUT2D eigenvalue weighted by atomic mass is 16.5. The lowest BCUT2D eigenvalue weighted by Crippen LogP contribution is -2.00. The van der Waals surface area contributed by atoms with Gasteiger partial charge in [-0.3, -0.25) is 0 Å². The van der Waals surface area contributed by atoms with E-state index in [1.807, 2.05) is 12.1 Å². The molecule has 0 heterocycles. The summed E-state index contributed by atoms with van der Waals surface area (Å²) in [6.45, 7) is 0.742. The number of ether oxygens (including phenoxy) is 2. The van der Waals surface area contributed by atoms with Gasteiger partial charge in [0.1, 0.15) is 0 Å². The first-order valence-electron chi connectivity index (χ1n) is 5.23. The van der Waals surface area contributed by atoms with E-state index in [1.165, 1.54) is 5.56 Å². The van der Waals surface area contributed by atoms with E-state index >= 15 is 0 Å². The Balaban J connectivity index is 2.76. The highest BCUT2D eigenvalue weighted by Gasteiger charge is 2.08. The second-order valence-corrected chi connectivity index (χ2v) is 3.40. The molecule has 0 radical (unpaired) electrons. The molecule has 1 rings (SSSR count). The second-order valence-electron chi connectivity index (χ2n) is 3.40. The average molecular weight is 209 g/mol. The van der Waals surface area contributed by atoms with Crippen molar-refractivity contribution in [3.8, 4) is 11.5 Å². The van der Waals surface area contributed by atoms with E-state index in [9.17, 15) is 0 Å². The number of nitrogens with two attached hydrogens (primary N) is 1. The van der Waals surface area contributed by atoms with Crippen LogP contribution in [-0.4, -0.2) is 20.8 Å². The summed E-state index contributed by atoms with van der Waals surface area (Å²) in [6, 6.07) is 5.96. The Labute approximate surface area is 91.2 Å². The van der Waals surface area contributed by atoms with Gasteiger partial charge in [-0.05, 0) is 37.4 Å². The van der Waals surface area contributed by atoms with Crippen LogP contribution in [0.4, 0.5) is 0 Å². The third-order valence-corrected chi connectivity index (χ3v) is 2.38. The Hall–Kier alpha value is -1.22. The van der Waals surface area contributed by atoms with E-state index in [0.717, 1.165) is 37.3 Å². The highest BCUT2D eigenvalue weighted by molar-refractivity contribution is 5.46. The summed E-state index contributed by atoms with van der Waals surface area (Å²) in [4.78, 5) is 0. The number of aryl methyl sites for hydroxylation is 1. The number of unbranched alkanes of at least 4 members (excludes halogenated alkanes) is 1. The largest absolute Gasteiger partial charge is 0.493 e. The minimum absolute atomic E-state index is 0.742. The van der Waals surface area contributed by atoms with Crippen LogP contribution in [0.1, 0.15) is 18.4 Å². The molecule has 0 saturated carbocycles. The Morgan fingerprint density at radius 2 is 1.93 bits per heavy atom. The second kappa shape index (κ2) is 6.30. The van der Waals surface area contributed by atoms with Crippen molar-refractivity contribution in [3.63, 3.8) is 0 Å². The summed E-state index contributed by atoms with van der Waals surface area (Å²) in [7, 11) is 3.33. The molecule has 0 aliphatic carbocycles. The van der Waals surface area contributed by atoms with Crippen LogP contribution in [0.3, 0.4) is 0 Å². The molecule has 15 heavy (non-hydrogen) atoms. The average Bonchev–Trinajstić information content (AvgIpc) is 2.29. The lowest BCUT2D eigenvalue weighted by molar-refractivity contribution is 0.351. The van der Waals surface area contributed by atoms with Crippen LogP contribution in [0.2, 0.25) is 0 Å². The van der Waals surface area contributed by atoms with E-state index in [0.29, 0.717) is 0 Å². The van der Waals surface area contributed by atoms with Gasteiger partial charge >= 0.3 is 0 Å². The van der Waals surface area contributed by atoms with E-state index in [-0.39, 0.29) is 0 Å². The van der Waals surface area contributed by atoms with E-state index in [1.54, 1.807) is 14.2 Å². The summed E-state index contributed by atoms with van der Waals surface area (Å²) >= 11 is 0. The van der Waals surface area contributed by atoms with Crippen molar-refractivity contribution in [1.29, 1.82) is 0 Å². The van der Waals surface area contributed by atoms with Gasteiger partial charge in [0.15, 0.2) is 11.5 Å². The van der Waals surface area contributed by atoms with Gasteiger partial charge in [0, 0.05) is 0 Å². The third kappa shape index (κ3) is 3.13. The van der Waals surface area contributed by atoms with Crippen molar-refractivity contribution in [2.24, 2.45) is 5.73 Å². The van der Waals surface area contributed by atoms with E-state index in [4.69, 9.17) is 15.2 Å². The molecule has 2 N–H and O–H groups in total. The Bertz CT molecular complexity index is 300. The number of rotatable bonds is 6. The first-order valence-corrected chi connectivity index (χ1v) is 5.23. The molecular formula is C12H19NO2. The molecule has 3 nitrogen and oxygen atoms in total. The van der Waals surface area contributed by atoms with Gasteiger partial charge in [-0.15, -0.1) is 0 Å². The van der Waals surface area contributed by atoms with Gasteiger partial charge in [0.25, 0.3) is 0 Å². The number of hydrogen-bond donors (Lipinski definition) is 1. The predicted octanol–water partition coefficient (Wildman–Crippen LogP) is 1.99. The summed E-state index contributed by atoms with van der Waals surface area (Å²) in [5.74, 6) is 1.64. The predicted molar refractivity (Wildman–Crippen MR) is 61.5 cm³/mol. The molecule has 1 aromatic carbocycles. The normalized spacial score (nSPS) is 10.1.